The molecule has 0 radical (unpaired) electrons. The predicted octanol–water partition coefficient (Wildman–Crippen LogP) is 4.33. The van der Waals surface area contributed by atoms with Gasteiger partial charge >= 0.3 is 0 Å². The summed E-state index contributed by atoms with van der Waals surface area (Å²) in [6, 6.07) is 16.0. The van der Waals surface area contributed by atoms with Crippen molar-refractivity contribution < 1.29 is 9.13 Å². The van der Waals surface area contributed by atoms with Crippen molar-refractivity contribution in [3.8, 4) is 5.75 Å². The van der Waals surface area contributed by atoms with Crippen LogP contribution in [-0.4, -0.2) is 23.6 Å². The van der Waals surface area contributed by atoms with Crippen molar-refractivity contribution in [2.24, 2.45) is 0 Å². The number of para-hydroxylation sites is 2. The van der Waals surface area contributed by atoms with Crippen LogP contribution in [0, 0.1) is 12.7 Å². The van der Waals surface area contributed by atoms with Crippen molar-refractivity contribution >= 4 is 17.5 Å². The van der Waals surface area contributed by atoms with E-state index in [-0.39, 0.29) is 5.82 Å². The topological polar surface area (TPSA) is 59.1 Å². The van der Waals surface area contributed by atoms with Crippen molar-refractivity contribution in [1.82, 2.24) is 9.97 Å². The molecule has 1 aromatic heterocycles. The van der Waals surface area contributed by atoms with Gasteiger partial charge in [0.25, 0.3) is 0 Å². The number of rotatable bonds is 7. The molecule has 0 aliphatic carbocycles. The smallest absolute Gasteiger partial charge is 0.229 e. The first kappa shape index (κ1) is 17.7. The van der Waals surface area contributed by atoms with Crippen LogP contribution in [0.3, 0.4) is 0 Å². The maximum Gasteiger partial charge on any atom is 0.229 e. The average molecular weight is 352 g/mol. The normalized spacial score (nSPS) is 10.4. The molecular weight excluding hydrogens is 331 g/mol. The molecule has 26 heavy (non-hydrogen) atoms. The molecule has 5 nitrogen and oxygen atoms in total. The van der Waals surface area contributed by atoms with Crippen LogP contribution in [-0.2, 0) is 6.42 Å². The Kier molecular flexibility index (Phi) is 5.63. The highest BCUT2D eigenvalue weighted by molar-refractivity contribution is 5.63. The zero-order valence-corrected chi connectivity index (χ0v) is 14.8. The summed E-state index contributed by atoms with van der Waals surface area (Å²) in [5.74, 6) is 1.74. The van der Waals surface area contributed by atoms with Crippen LogP contribution in [0.15, 0.2) is 54.6 Å². The number of hydrogen-bond acceptors (Lipinski definition) is 5. The first-order valence-electron chi connectivity index (χ1n) is 8.38. The molecule has 0 unspecified atom stereocenters. The van der Waals surface area contributed by atoms with Crippen LogP contribution in [0.1, 0.15) is 11.3 Å². The van der Waals surface area contributed by atoms with Crippen LogP contribution in [0.25, 0.3) is 0 Å². The fraction of sp³-hybridized carbons (Fsp3) is 0.200. The Morgan fingerprint density at radius 2 is 1.81 bits per heavy atom. The first-order chi connectivity index (χ1) is 12.6. The maximum atomic E-state index is 12.9. The van der Waals surface area contributed by atoms with E-state index in [4.69, 9.17) is 4.74 Å². The molecule has 0 aliphatic rings. The van der Waals surface area contributed by atoms with Crippen LogP contribution >= 0.6 is 0 Å². The summed E-state index contributed by atoms with van der Waals surface area (Å²) in [5.41, 5.74) is 2.72. The summed E-state index contributed by atoms with van der Waals surface area (Å²) in [6.07, 6.45) is 0.776. The third-order valence-corrected chi connectivity index (χ3v) is 3.84. The van der Waals surface area contributed by atoms with Gasteiger partial charge in [-0.05, 0) is 43.2 Å². The van der Waals surface area contributed by atoms with Crippen LogP contribution in [0.2, 0.25) is 0 Å². The lowest BCUT2D eigenvalue weighted by Crippen LogP contribution is -2.09. The monoisotopic (exact) mass is 352 g/mol. The van der Waals surface area contributed by atoms with Gasteiger partial charge in [-0.2, -0.15) is 4.98 Å². The molecular formula is C20H21FN4O. The van der Waals surface area contributed by atoms with Gasteiger partial charge in [-0.25, -0.2) is 9.37 Å². The summed E-state index contributed by atoms with van der Waals surface area (Å²) in [7, 11) is 1.63. The highest BCUT2D eigenvalue weighted by Gasteiger charge is 2.06. The quantitative estimate of drug-likeness (QED) is 0.663. The van der Waals surface area contributed by atoms with E-state index in [9.17, 15) is 4.39 Å². The third kappa shape index (κ3) is 4.69. The molecule has 0 saturated carbocycles. The summed E-state index contributed by atoms with van der Waals surface area (Å²) in [6.45, 7) is 2.61. The molecule has 3 rings (SSSR count). The minimum atomic E-state index is -0.222. The number of ether oxygens (including phenoxy) is 1. The molecule has 1 heterocycles. The lowest BCUT2D eigenvalue weighted by Gasteiger charge is -2.12. The van der Waals surface area contributed by atoms with Gasteiger partial charge in [0.2, 0.25) is 5.95 Å². The van der Waals surface area contributed by atoms with E-state index in [1.165, 1.54) is 12.1 Å². The second-order valence-corrected chi connectivity index (χ2v) is 5.85. The second kappa shape index (κ2) is 8.29. The molecule has 0 fully saturated rings. The Labute approximate surface area is 152 Å². The van der Waals surface area contributed by atoms with Crippen LogP contribution in [0.4, 0.5) is 21.8 Å². The van der Waals surface area contributed by atoms with Gasteiger partial charge in [0.05, 0.1) is 12.8 Å². The zero-order valence-electron chi connectivity index (χ0n) is 14.8. The minimum Gasteiger partial charge on any atom is -0.495 e. The van der Waals surface area contributed by atoms with Crippen molar-refractivity contribution in [1.29, 1.82) is 0 Å². The van der Waals surface area contributed by atoms with E-state index in [2.05, 4.69) is 20.6 Å². The summed E-state index contributed by atoms with van der Waals surface area (Å²) in [5, 5.41) is 6.48. The standard InChI is InChI=1S/C20H21FN4O/c1-14-13-19(22-12-11-15-7-9-16(21)10-8-15)25-20(23-14)24-17-5-3-4-6-18(17)26-2/h3-10,13H,11-12H2,1-2H3,(H2,22,23,24,25). The molecule has 2 N–H and O–H groups in total. The largest absolute Gasteiger partial charge is 0.495 e. The lowest BCUT2D eigenvalue weighted by molar-refractivity contribution is 0.417. The Balaban J connectivity index is 1.66. The number of aromatic nitrogens is 2. The number of hydrogen-bond donors (Lipinski definition) is 2. The lowest BCUT2D eigenvalue weighted by atomic mass is 10.1. The SMILES string of the molecule is COc1ccccc1Nc1nc(C)cc(NCCc2ccc(F)cc2)n1. The molecule has 134 valence electrons. The maximum absolute atomic E-state index is 12.9. The van der Waals surface area contributed by atoms with Crippen molar-refractivity contribution in [3.05, 3.63) is 71.7 Å². The molecule has 0 aliphatic heterocycles. The van der Waals surface area contributed by atoms with Crippen LogP contribution in [0.5, 0.6) is 5.75 Å². The predicted molar refractivity (Wildman–Crippen MR) is 102 cm³/mol. The van der Waals surface area contributed by atoms with Gasteiger partial charge < -0.3 is 15.4 Å². The minimum absolute atomic E-state index is 0.222. The van der Waals surface area contributed by atoms with E-state index in [1.54, 1.807) is 19.2 Å². The van der Waals surface area contributed by atoms with Gasteiger partial charge in [-0.1, -0.05) is 24.3 Å². The number of benzene rings is 2. The molecule has 0 spiro atoms. The Bertz CT molecular complexity index is 868. The number of anilines is 3. The van der Waals surface area contributed by atoms with Crippen molar-refractivity contribution in [3.63, 3.8) is 0 Å². The number of halogens is 1. The summed E-state index contributed by atoms with van der Waals surface area (Å²) in [4.78, 5) is 8.92. The van der Waals surface area contributed by atoms with E-state index in [0.29, 0.717) is 12.5 Å². The molecule has 3 aromatic rings. The van der Waals surface area contributed by atoms with Crippen LogP contribution < -0.4 is 15.4 Å². The molecule has 2 aromatic carbocycles. The van der Waals surface area contributed by atoms with Gasteiger partial charge in [-0.3, -0.25) is 0 Å². The number of nitrogens with one attached hydrogen (secondary N) is 2. The van der Waals surface area contributed by atoms with Gasteiger partial charge in [0.15, 0.2) is 0 Å². The van der Waals surface area contributed by atoms with E-state index < -0.39 is 0 Å². The second-order valence-electron chi connectivity index (χ2n) is 5.85. The third-order valence-electron chi connectivity index (χ3n) is 3.84. The zero-order chi connectivity index (χ0) is 18.4. The average Bonchev–Trinajstić information content (AvgIpc) is 2.63. The molecule has 0 amide bonds. The van der Waals surface area contributed by atoms with E-state index in [0.717, 1.165) is 34.9 Å². The number of aryl methyl sites for hydroxylation is 1. The van der Waals surface area contributed by atoms with Crippen molar-refractivity contribution in [2.75, 3.05) is 24.3 Å². The Morgan fingerprint density at radius 3 is 2.58 bits per heavy atom. The fourth-order valence-corrected chi connectivity index (χ4v) is 2.57. The van der Waals surface area contributed by atoms with Gasteiger partial charge in [0.1, 0.15) is 17.4 Å². The van der Waals surface area contributed by atoms with E-state index >= 15 is 0 Å². The Morgan fingerprint density at radius 1 is 1.04 bits per heavy atom. The number of nitrogens with zero attached hydrogens (tertiary/aromatic N) is 2. The van der Waals surface area contributed by atoms with Crippen molar-refractivity contribution in [2.45, 2.75) is 13.3 Å². The van der Waals surface area contributed by atoms with Gasteiger partial charge in [0, 0.05) is 18.3 Å². The highest BCUT2D eigenvalue weighted by Crippen LogP contribution is 2.26. The fourth-order valence-electron chi connectivity index (χ4n) is 2.57. The molecule has 0 bridgehead atoms. The highest BCUT2D eigenvalue weighted by atomic mass is 19.1. The molecule has 6 heteroatoms. The molecule has 0 saturated heterocycles. The summed E-state index contributed by atoms with van der Waals surface area (Å²) < 4.78 is 18.3. The van der Waals surface area contributed by atoms with E-state index in [1.807, 2.05) is 37.3 Å². The number of methoxy groups -OCH3 is 1. The first-order valence-corrected chi connectivity index (χ1v) is 8.38. The molecule has 0 atom stereocenters. The summed E-state index contributed by atoms with van der Waals surface area (Å²) >= 11 is 0. The van der Waals surface area contributed by atoms with Gasteiger partial charge in [-0.15, -0.1) is 0 Å². The Hall–Kier alpha value is -3.15.